The maximum Gasteiger partial charge on any atom is 0.255 e. The van der Waals surface area contributed by atoms with E-state index in [1.54, 1.807) is 6.07 Å². The highest BCUT2D eigenvalue weighted by molar-refractivity contribution is 6.05. The molecule has 7 nitrogen and oxygen atoms in total. The summed E-state index contributed by atoms with van der Waals surface area (Å²) in [7, 11) is 0. The summed E-state index contributed by atoms with van der Waals surface area (Å²) in [6, 6.07) is 4.52. The summed E-state index contributed by atoms with van der Waals surface area (Å²) in [6.07, 6.45) is 7.49. The smallest absolute Gasteiger partial charge is 0.255 e. The minimum Gasteiger partial charge on any atom is -0.321 e. The average molecular weight is 397 g/mol. The highest BCUT2D eigenvalue weighted by atomic mass is 19.2. The standard InChI is InChI=1S/C20H17F2N5O2/c21-17-15(4-6-25-18(17)22)13-7-14(10-23-9-13)26-20(29)12-3-5-24-16(8-12)27-19(28)11-1-2-11/h3,5-11,15H,1-2,4H2,(H,26,29)(H,24,27,28). The lowest BCUT2D eigenvalue weighted by Crippen LogP contribution is -2.16. The molecule has 0 radical (unpaired) electrons. The summed E-state index contributed by atoms with van der Waals surface area (Å²) in [5.74, 6) is -3.16. The summed E-state index contributed by atoms with van der Waals surface area (Å²) < 4.78 is 27.4. The molecule has 0 bridgehead atoms. The van der Waals surface area contributed by atoms with Gasteiger partial charge in [-0.1, -0.05) is 0 Å². The van der Waals surface area contributed by atoms with Crippen molar-refractivity contribution in [2.24, 2.45) is 10.9 Å². The van der Waals surface area contributed by atoms with Crippen molar-refractivity contribution in [3.8, 4) is 0 Å². The number of halogens is 2. The number of carbonyl (C=O) groups is 2. The van der Waals surface area contributed by atoms with E-state index >= 15 is 0 Å². The second-order valence-corrected chi connectivity index (χ2v) is 6.89. The molecule has 3 heterocycles. The molecule has 148 valence electrons. The predicted octanol–water partition coefficient (Wildman–Crippen LogP) is 3.74. The Morgan fingerprint density at radius 3 is 2.72 bits per heavy atom. The molecule has 1 fully saturated rings. The average Bonchev–Trinajstić information content (AvgIpc) is 3.56. The number of hydrogen-bond donors (Lipinski definition) is 2. The van der Waals surface area contributed by atoms with E-state index in [0.29, 0.717) is 22.6 Å². The molecule has 2 aromatic heterocycles. The summed E-state index contributed by atoms with van der Waals surface area (Å²) >= 11 is 0. The summed E-state index contributed by atoms with van der Waals surface area (Å²) in [5, 5.41) is 5.36. The number of aliphatic imine (C=N–C) groups is 1. The minimum atomic E-state index is -1.15. The van der Waals surface area contributed by atoms with Gasteiger partial charge in [-0.2, -0.15) is 4.39 Å². The molecular formula is C20H17F2N5O2. The van der Waals surface area contributed by atoms with E-state index in [1.165, 1.54) is 36.9 Å². The van der Waals surface area contributed by atoms with E-state index in [1.807, 2.05) is 0 Å². The zero-order valence-electron chi connectivity index (χ0n) is 15.2. The second kappa shape index (κ2) is 7.86. The molecular weight excluding hydrogens is 380 g/mol. The fourth-order valence-corrected chi connectivity index (χ4v) is 2.96. The van der Waals surface area contributed by atoms with Crippen molar-refractivity contribution in [2.75, 3.05) is 10.6 Å². The van der Waals surface area contributed by atoms with E-state index in [-0.39, 0.29) is 18.2 Å². The Morgan fingerprint density at radius 1 is 1.10 bits per heavy atom. The van der Waals surface area contributed by atoms with Crippen LogP contribution in [0.5, 0.6) is 0 Å². The van der Waals surface area contributed by atoms with Gasteiger partial charge in [-0.3, -0.25) is 14.6 Å². The van der Waals surface area contributed by atoms with Crippen molar-refractivity contribution in [3.05, 3.63) is 59.7 Å². The first kappa shape index (κ1) is 18.9. The molecule has 2 aliphatic rings. The maximum absolute atomic E-state index is 14.0. The molecule has 9 heteroatoms. The number of pyridine rings is 2. The lowest BCUT2D eigenvalue weighted by molar-refractivity contribution is -0.117. The Labute approximate surface area is 165 Å². The third kappa shape index (κ3) is 4.34. The topological polar surface area (TPSA) is 96.3 Å². The zero-order valence-corrected chi connectivity index (χ0v) is 15.2. The highest BCUT2D eigenvalue weighted by Crippen LogP contribution is 2.34. The van der Waals surface area contributed by atoms with Crippen LogP contribution in [0.3, 0.4) is 0 Å². The number of nitrogens with zero attached hydrogens (tertiary/aromatic N) is 3. The number of hydrogen-bond acceptors (Lipinski definition) is 5. The van der Waals surface area contributed by atoms with Crippen molar-refractivity contribution < 1.29 is 18.4 Å². The number of anilines is 2. The fraction of sp³-hybridized carbons (Fsp3) is 0.250. The van der Waals surface area contributed by atoms with Crippen LogP contribution in [0.4, 0.5) is 20.3 Å². The summed E-state index contributed by atoms with van der Waals surface area (Å²) in [6.45, 7) is 0. The first-order valence-corrected chi connectivity index (χ1v) is 9.12. The largest absolute Gasteiger partial charge is 0.321 e. The molecule has 2 amide bonds. The van der Waals surface area contributed by atoms with Crippen LogP contribution < -0.4 is 10.6 Å². The maximum atomic E-state index is 14.0. The molecule has 0 saturated heterocycles. The van der Waals surface area contributed by atoms with Crippen LogP contribution in [-0.2, 0) is 4.79 Å². The molecule has 2 N–H and O–H groups in total. The van der Waals surface area contributed by atoms with Crippen molar-refractivity contribution >= 4 is 29.5 Å². The first-order chi connectivity index (χ1) is 14.0. The molecule has 1 aliphatic heterocycles. The minimum absolute atomic E-state index is 0.0206. The van der Waals surface area contributed by atoms with Gasteiger partial charge in [0, 0.05) is 36.0 Å². The third-order valence-corrected chi connectivity index (χ3v) is 4.69. The van der Waals surface area contributed by atoms with Gasteiger partial charge >= 0.3 is 0 Å². The fourth-order valence-electron chi connectivity index (χ4n) is 2.96. The van der Waals surface area contributed by atoms with Gasteiger partial charge in [-0.25, -0.2) is 14.4 Å². The zero-order chi connectivity index (χ0) is 20.4. The summed E-state index contributed by atoms with van der Waals surface area (Å²) in [5.41, 5.74) is 1.05. The molecule has 0 spiro atoms. The number of aromatic nitrogens is 2. The van der Waals surface area contributed by atoms with Crippen LogP contribution >= 0.6 is 0 Å². The van der Waals surface area contributed by atoms with Gasteiger partial charge in [0.15, 0.2) is 5.83 Å². The van der Waals surface area contributed by atoms with Crippen LogP contribution in [0, 0.1) is 5.92 Å². The Bertz CT molecular complexity index is 1030. The Hall–Kier alpha value is -3.49. The van der Waals surface area contributed by atoms with Crippen molar-refractivity contribution in [3.63, 3.8) is 0 Å². The van der Waals surface area contributed by atoms with Crippen LogP contribution in [-0.4, -0.2) is 28.0 Å². The first-order valence-electron chi connectivity index (χ1n) is 9.12. The van der Waals surface area contributed by atoms with Crippen LogP contribution in [0.2, 0.25) is 0 Å². The number of nitrogens with one attached hydrogen (secondary N) is 2. The molecule has 1 atom stereocenters. The molecule has 29 heavy (non-hydrogen) atoms. The van der Waals surface area contributed by atoms with E-state index < -0.39 is 23.6 Å². The van der Waals surface area contributed by atoms with E-state index in [4.69, 9.17) is 0 Å². The Balaban J connectivity index is 1.47. The van der Waals surface area contributed by atoms with Gasteiger partial charge in [0.25, 0.3) is 5.91 Å². The molecule has 1 saturated carbocycles. The number of rotatable bonds is 5. The van der Waals surface area contributed by atoms with Crippen LogP contribution in [0.1, 0.15) is 41.1 Å². The van der Waals surface area contributed by atoms with Crippen molar-refractivity contribution in [2.45, 2.75) is 25.2 Å². The Morgan fingerprint density at radius 2 is 1.93 bits per heavy atom. The molecule has 4 rings (SSSR count). The molecule has 0 aromatic carbocycles. The quantitative estimate of drug-likeness (QED) is 0.751. The Kier molecular flexibility index (Phi) is 5.11. The van der Waals surface area contributed by atoms with Gasteiger partial charge < -0.3 is 10.6 Å². The molecule has 1 aliphatic carbocycles. The van der Waals surface area contributed by atoms with E-state index in [9.17, 15) is 18.4 Å². The predicted molar refractivity (Wildman–Crippen MR) is 103 cm³/mol. The second-order valence-electron chi connectivity index (χ2n) is 6.89. The lowest BCUT2D eigenvalue weighted by atomic mass is 9.95. The van der Waals surface area contributed by atoms with Crippen molar-refractivity contribution in [1.82, 2.24) is 9.97 Å². The number of amides is 2. The summed E-state index contributed by atoms with van der Waals surface area (Å²) in [4.78, 5) is 35.8. The van der Waals surface area contributed by atoms with E-state index in [0.717, 1.165) is 12.8 Å². The van der Waals surface area contributed by atoms with E-state index in [2.05, 4.69) is 25.6 Å². The van der Waals surface area contributed by atoms with Gasteiger partial charge in [-0.05, 0) is 43.0 Å². The highest BCUT2D eigenvalue weighted by Gasteiger charge is 2.30. The van der Waals surface area contributed by atoms with Crippen molar-refractivity contribution in [1.29, 1.82) is 0 Å². The van der Waals surface area contributed by atoms with Gasteiger partial charge in [-0.15, -0.1) is 0 Å². The number of carbonyl (C=O) groups excluding carboxylic acids is 2. The normalized spacial score (nSPS) is 18.5. The van der Waals surface area contributed by atoms with Gasteiger partial charge in [0.2, 0.25) is 11.9 Å². The van der Waals surface area contributed by atoms with Crippen LogP contribution in [0.25, 0.3) is 0 Å². The van der Waals surface area contributed by atoms with Gasteiger partial charge in [0.1, 0.15) is 5.82 Å². The molecule has 1 unspecified atom stereocenters. The SMILES string of the molecule is O=C(Nc1cncc(C2CC=NC(F)=C2F)c1)c1ccnc(NC(=O)C2CC2)c1. The van der Waals surface area contributed by atoms with Gasteiger partial charge in [0.05, 0.1) is 11.9 Å². The monoisotopic (exact) mass is 397 g/mol. The van der Waals surface area contributed by atoms with Crippen LogP contribution in [0.15, 0.2) is 53.6 Å². The third-order valence-electron chi connectivity index (χ3n) is 4.69. The molecule has 2 aromatic rings. The number of allylic oxidation sites excluding steroid dienone is 1. The lowest BCUT2D eigenvalue weighted by Gasteiger charge is -2.17.